The Labute approximate surface area is 210 Å². The number of likely N-dealkylation sites (tertiary alicyclic amines) is 1. The van der Waals surface area contributed by atoms with E-state index in [1.807, 2.05) is 11.1 Å². The monoisotopic (exact) mass is 522 g/mol. The topological polar surface area (TPSA) is 122 Å². The van der Waals surface area contributed by atoms with E-state index in [-0.39, 0.29) is 18.4 Å². The molecule has 5 rings (SSSR count). The normalized spacial score (nSPS) is 22.6. The molecule has 1 aliphatic carbocycles. The Balaban J connectivity index is 1.20. The summed E-state index contributed by atoms with van der Waals surface area (Å²) in [6, 6.07) is 3.46. The van der Waals surface area contributed by atoms with Crippen molar-refractivity contribution in [1.29, 1.82) is 0 Å². The number of nitrogens with one attached hydrogen (secondary N) is 3. The Bertz CT molecular complexity index is 1230. The fourth-order valence-corrected chi connectivity index (χ4v) is 4.71. The third-order valence-corrected chi connectivity index (χ3v) is 6.41. The van der Waals surface area contributed by atoms with E-state index in [4.69, 9.17) is 4.74 Å². The zero-order valence-electron chi connectivity index (χ0n) is 20.4. The van der Waals surface area contributed by atoms with Crippen LogP contribution in [0, 0.1) is 0 Å². The van der Waals surface area contributed by atoms with Gasteiger partial charge in [0.1, 0.15) is 17.9 Å². The molecule has 3 aromatic rings. The summed E-state index contributed by atoms with van der Waals surface area (Å²) >= 11 is 0. The van der Waals surface area contributed by atoms with Crippen molar-refractivity contribution in [2.45, 2.75) is 70.2 Å². The summed E-state index contributed by atoms with van der Waals surface area (Å²) in [6.45, 7) is 2.20. The van der Waals surface area contributed by atoms with Crippen molar-refractivity contribution in [2.24, 2.45) is 0 Å². The van der Waals surface area contributed by atoms with Crippen LogP contribution in [0.15, 0.2) is 24.5 Å². The molecule has 1 aliphatic heterocycles. The van der Waals surface area contributed by atoms with Crippen LogP contribution >= 0.6 is 0 Å². The number of H-pyrrole nitrogens is 1. The lowest BCUT2D eigenvalue weighted by Gasteiger charge is -2.37. The molecule has 0 spiro atoms. The second-order valence-corrected chi connectivity index (χ2v) is 9.70. The van der Waals surface area contributed by atoms with E-state index < -0.39 is 31.1 Å². The molecule has 14 heteroatoms. The molecule has 0 unspecified atom stereocenters. The van der Waals surface area contributed by atoms with Gasteiger partial charge in [0.2, 0.25) is 5.95 Å². The molecular formula is C23H29F3N8O3. The third-order valence-electron chi connectivity index (χ3n) is 6.41. The minimum atomic E-state index is -2.76. The number of alkyl halides is 3. The Kier molecular flexibility index (Phi) is 7.20. The van der Waals surface area contributed by atoms with E-state index in [9.17, 15) is 18.0 Å². The van der Waals surface area contributed by atoms with Crippen molar-refractivity contribution in [3.8, 4) is 0 Å². The van der Waals surface area contributed by atoms with Gasteiger partial charge in [0.15, 0.2) is 5.82 Å². The number of aromatic nitrogens is 5. The first-order valence-corrected chi connectivity index (χ1v) is 12.2. The molecule has 1 saturated heterocycles. The first-order valence-electron chi connectivity index (χ1n) is 12.2. The van der Waals surface area contributed by atoms with E-state index >= 15 is 0 Å². The van der Waals surface area contributed by atoms with Gasteiger partial charge in [-0.15, -0.1) is 0 Å². The molecule has 200 valence electrons. The van der Waals surface area contributed by atoms with Crippen molar-refractivity contribution in [2.75, 3.05) is 18.4 Å². The molecule has 0 aromatic carbocycles. The maximum atomic E-state index is 14.5. The standard InChI is InChI=1S/C23H29F3N8O3/c1-12(2)28-23(35)37-18-6-13(5-16(18)24)17-7-19(32-31-17)30-22-27-4-3-20-29-14(9-34(20)22)8-33-10-15(11-33)36-21(25)26/h3-4,7,9,12-13,15-16,18,21H,5-6,8,10-11H2,1-2H3,(H,28,35)(H2,27,30,31,32)/t13-,16+,18-/m0/s1. The number of hydrogen-bond donors (Lipinski definition) is 3. The van der Waals surface area contributed by atoms with E-state index in [0.717, 1.165) is 11.4 Å². The van der Waals surface area contributed by atoms with Crippen LogP contribution in [0.2, 0.25) is 0 Å². The number of fused-ring (bicyclic) bond motifs is 1. The van der Waals surface area contributed by atoms with Gasteiger partial charge in [0.25, 0.3) is 0 Å². The van der Waals surface area contributed by atoms with Crippen molar-refractivity contribution < 1.29 is 27.4 Å². The Hall–Kier alpha value is -3.39. The van der Waals surface area contributed by atoms with E-state index in [0.29, 0.717) is 43.5 Å². The van der Waals surface area contributed by atoms with Gasteiger partial charge in [-0.05, 0) is 32.8 Å². The van der Waals surface area contributed by atoms with Crippen LogP contribution in [0.5, 0.6) is 0 Å². The first-order chi connectivity index (χ1) is 17.7. The molecule has 2 fully saturated rings. The van der Waals surface area contributed by atoms with E-state index in [1.165, 1.54) is 0 Å². The van der Waals surface area contributed by atoms with Crippen LogP contribution < -0.4 is 10.6 Å². The fourth-order valence-electron chi connectivity index (χ4n) is 4.71. The number of carbonyl (C=O) groups is 1. The van der Waals surface area contributed by atoms with Gasteiger partial charge in [0.05, 0.1) is 11.8 Å². The number of ether oxygens (including phenoxy) is 2. The number of halogens is 3. The summed E-state index contributed by atoms with van der Waals surface area (Å²) in [5, 5.41) is 13.0. The molecule has 1 amide bonds. The van der Waals surface area contributed by atoms with Gasteiger partial charge in [0, 0.05) is 55.7 Å². The first kappa shape index (κ1) is 25.3. The highest BCUT2D eigenvalue weighted by Gasteiger charge is 2.39. The Morgan fingerprint density at radius 1 is 1.30 bits per heavy atom. The highest BCUT2D eigenvalue weighted by Crippen LogP contribution is 2.38. The maximum Gasteiger partial charge on any atom is 0.407 e. The molecule has 3 N–H and O–H groups in total. The molecular weight excluding hydrogens is 493 g/mol. The second-order valence-electron chi connectivity index (χ2n) is 9.70. The van der Waals surface area contributed by atoms with E-state index in [1.54, 1.807) is 36.6 Å². The molecule has 3 aromatic heterocycles. The molecule has 37 heavy (non-hydrogen) atoms. The minimum Gasteiger partial charge on any atom is -0.443 e. The lowest BCUT2D eigenvalue weighted by Crippen LogP contribution is -2.52. The average molecular weight is 523 g/mol. The fraction of sp³-hybridized carbons (Fsp3) is 0.565. The lowest BCUT2D eigenvalue weighted by atomic mass is 10.0. The minimum absolute atomic E-state index is 0.0933. The Morgan fingerprint density at radius 2 is 2.11 bits per heavy atom. The van der Waals surface area contributed by atoms with E-state index in [2.05, 4.69) is 35.5 Å². The van der Waals surface area contributed by atoms with Crippen LogP contribution in [0.3, 0.4) is 0 Å². The summed E-state index contributed by atoms with van der Waals surface area (Å²) in [7, 11) is 0. The number of hydrogen-bond acceptors (Lipinski definition) is 8. The summed E-state index contributed by atoms with van der Waals surface area (Å²) in [4.78, 5) is 22.8. The molecule has 0 bridgehead atoms. The maximum absolute atomic E-state index is 14.5. The zero-order valence-corrected chi connectivity index (χ0v) is 20.4. The molecule has 11 nitrogen and oxygen atoms in total. The summed E-state index contributed by atoms with van der Waals surface area (Å²) in [6.07, 6.45) is 0.868. The van der Waals surface area contributed by atoms with Crippen molar-refractivity contribution >= 4 is 23.5 Å². The highest BCUT2D eigenvalue weighted by atomic mass is 19.3. The SMILES string of the molecule is CC(C)NC(=O)O[C@H]1C[C@@H](c2cc(Nc3nccc4nc(CN5CC(OC(F)F)C5)cn34)n[nH]2)C[C@H]1F. The second kappa shape index (κ2) is 10.5. The van der Waals surface area contributed by atoms with Gasteiger partial charge in [-0.25, -0.2) is 19.2 Å². The predicted octanol–water partition coefficient (Wildman–Crippen LogP) is 3.34. The molecule has 1 saturated carbocycles. The van der Waals surface area contributed by atoms with Crippen molar-refractivity contribution in [3.63, 3.8) is 0 Å². The number of imidazole rings is 1. The number of carbonyl (C=O) groups excluding carboxylic acids is 1. The highest BCUT2D eigenvalue weighted by molar-refractivity contribution is 5.67. The average Bonchev–Trinajstić information content (AvgIpc) is 3.51. The van der Waals surface area contributed by atoms with Gasteiger partial charge >= 0.3 is 12.7 Å². The predicted molar refractivity (Wildman–Crippen MR) is 126 cm³/mol. The van der Waals surface area contributed by atoms with Crippen molar-refractivity contribution in [1.82, 2.24) is 34.8 Å². The number of alkyl carbamates (subject to hydrolysis) is 1. The molecule has 2 aliphatic rings. The van der Waals surface area contributed by atoms with Crippen LogP contribution in [-0.2, 0) is 16.0 Å². The number of amides is 1. The molecule has 3 atom stereocenters. The zero-order chi connectivity index (χ0) is 26.1. The van der Waals surface area contributed by atoms with Crippen molar-refractivity contribution in [3.05, 3.63) is 35.9 Å². The van der Waals surface area contributed by atoms with Crippen LogP contribution in [-0.4, -0.2) is 79.7 Å². The van der Waals surface area contributed by atoms with Gasteiger partial charge in [-0.3, -0.25) is 14.4 Å². The van der Waals surface area contributed by atoms with Gasteiger partial charge < -0.3 is 20.1 Å². The molecule has 0 radical (unpaired) electrons. The third kappa shape index (κ3) is 5.96. The number of anilines is 2. The van der Waals surface area contributed by atoms with Crippen LogP contribution in [0.4, 0.5) is 29.7 Å². The van der Waals surface area contributed by atoms with Gasteiger partial charge in [-0.2, -0.15) is 13.9 Å². The largest absolute Gasteiger partial charge is 0.443 e. The molecule has 4 heterocycles. The summed E-state index contributed by atoms with van der Waals surface area (Å²) in [5.74, 6) is 0.809. The summed E-state index contributed by atoms with van der Waals surface area (Å²) < 4.78 is 50.7. The van der Waals surface area contributed by atoms with Crippen LogP contribution in [0.25, 0.3) is 5.65 Å². The Morgan fingerprint density at radius 3 is 2.86 bits per heavy atom. The lowest BCUT2D eigenvalue weighted by molar-refractivity contribution is -0.197. The summed E-state index contributed by atoms with van der Waals surface area (Å²) in [5.41, 5.74) is 2.17. The number of nitrogens with zero attached hydrogens (tertiary/aromatic N) is 5. The smallest absolute Gasteiger partial charge is 0.407 e. The van der Waals surface area contributed by atoms with Crippen LogP contribution in [0.1, 0.15) is 44.0 Å². The number of aromatic amines is 1. The quantitative estimate of drug-likeness (QED) is 0.391. The van der Waals surface area contributed by atoms with Gasteiger partial charge in [-0.1, -0.05) is 0 Å². The number of rotatable bonds is 9.